The highest BCUT2D eigenvalue weighted by Crippen LogP contribution is 2.27. The topological polar surface area (TPSA) is 68.8 Å². The summed E-state index contributed by atoms with van der Waals surface area (Å²) in [6.07, 6.45) is 1.30. The first-order chi connectivity index (χ1) is 7.71. The lowest BCUT2D eigenvalue weighted by Crippen LogP contribution is -1.94. The van der Waals surface area contributed by atoms with Crippen LogP contribution in [-0.4, -0.2) is 7.11 Å². The first kappa shape index (κ1) is 11.9. The van der Waals surface area contributed by atoms with E-state index in [9.17, 15) is 0 Å². The van der Waals surface area contributed by atoms with Crippen molar-refractivity contribution in [3.8, 4) is 17.9 Å². The van der Waals surface area contributed by atoms with E-state index in [1.807, 2.05) is 0 Å². The van der Waals surface area contributed by atoms with E-state index in [1.165, 1.54) is 13.3 Å². The number of allylic oxidation sites excluding steroid dienone is 1. The van der Waals surface area contributed by atoms with Crippen molar-refractivity contribution in [3.05, 3.63) is 35.0 Å². The Balaban J connectivity index is 2.98. The van der Waals surface area contributed by atoms with Crippen LogP contribution in [0.1, 0.15) is 0 Å². The number of nitriles is 2. The van der Waals surface area contributed by atoms with Gasteiger partial charge in [-0.2, -0.15) is 10.5 Å². The van der Waals surface area contributed by atoms with Gasteiger partial charge in [-0.05, 0) is 18.2 Å². The fourth-order valence-corrected chi connectivity index (χ4v) is 1.20. The summed E-state index contributed by atoms with van der Waals surface area (Å²) in [4.78, 5) is 0. The molecule has 0 unspecified atom stereocenters. The van der Waals surface area contributed by atoms with Crippen molar-refractivity contribution in [2.24, 2.45) is 0 Å². The molecule has 1 N–H and O–H groups in total. The van der Waals surface area contributed by atoms with Gasteiger partial charge in [0.05, 0.1) is 12.8 Å². The van der Waals surface area contributed by atoms with Gasteiger partial charge in [0.15, 0.2) is 0 Å². The highest BCUT2D eigenvalue weighted by molar-refractivity contribution is 6.30. The maximum atomic E-state index is 8.55. The summed E-state index contributed by atoms with van der Waals surface area (Å²) >= 11 is 5.81. The number of benzene rings is 1. The average molecular weight is 234 g/mol. The van der Waals surface area contributed by atoms with Crippen molar-refractivity contribution in [2.45, 2.75) is 0 Å². The van der Waals surface area contributed by atoms with Gasteiger partial charge in [0.2, 0.25) is 0 Å². The van der Waals surface area contributed by atoms with E-state index < -0.39 is 0 Å². The maximum Gasteiger partial charge on any atom is 0.145 e. The number of nitrogens with one attached hydrogen (secondary N) is 1. The Labute approximate surface area is 98.3 Å². The Hall–Kier alpha value is -2.17. The molecule has 0 spiro atoms. The van der Waals surface area contributed by atoms with E-state index in [-0.39, 0.29) is 5.57 Å². The minimum atomic E-state index is -0.0259. The third kappa shape index (κ3) is 2.91. The van der Waals surface area contributed by atoms with Gasteiger partial charge in [0.25, 0.3) is 0 Å². The van der Waals surface area contributed by atoms with E-state index in [4.69, 9.17) is 26.9 Å². The lowest BCUT2D eigenvalue weighted by molar-refractivity contribution is 0.417. The minimum Gasteiger partial charge on any atom is -0.495 e. The van der Waals surface area contributed by atoms with Crippen LogP contribution in [0.25, 0.3) is 0 Å². The van der Waals surface area contributed by atoms with Gasteiger partial charge in [-0.3, -0.25) is 0 Å². The van der Waals surface area contributed by atoms with E-state index in [2.05, 4.69) is 5.32 Å². The molecule has 4 nitrogen and oxygen atoms in total. The summed E-state index contributed by atoms with van der Waals surface area (Å²) < 4.78 is 5.08. The smallest absolute Gasteiger partial charge is 0.145 e. The number of ether oxygens (including phenoxy) is 1. The van der Waals surface area contributed by atoms with Gasteiger partial charge in [0, 0.05) is 11.2 Å². The van der Waals surface area contributed by atoms with Crippen LogP contribution in [0.4, 0.5) is 5.69 Å². The molecule has 1 aromatic rings. The molecule has 16 heavy (non-hydrogen) atoms. The Morgan fingerprint density at radius 3 is 2.69 bits per heavy atom. The molecule has 0 saturated heterocycles. The van der Waals surface area contributed by atoms with E-state index in [1.54, 1.807) is 30.3 Å². The van der Waals surface area contributed by atoms with Crippen LogP contribution in [-0.2, 0) is 0 Å². The fourth-order valence-electron chi connectivity index (χ4n) is 1.03. The van der Waals surface area contributed by atoms with Crippen LogP contribution in [0.5, 0.6) is 5.75 Å². The molecular formula is C11H8ClN3O. The molecule has 0 atom stereocenters. The monoisotopic (exact) mass is 233 g/mol. The molecule has 0 aliphatic rings. The molecule has 0 radical (unpaired) electrons. The molecule has 0 saturated carbocycles. The van der Waals surface area contributed by atoms with Gasteiger partial charge in [-0.1, -0.05) is 11.6 Å². The molecule has 0 heterocycles. The van der Waals surface area contributed by atoms with Gasteiger partial charge < -0.3 is 10.1 Å². The predicted octanol–water partition coefficient (Wildman–Crippen LogP) is 2.69. The molecule has 0 amide bonds. The van der Waals surface area contributed by atoms with Gasteiger partial charge in [-0.15, -0.1) is 0 Å². The van der Waals surface area contributed by atoms with Crippen LogP contribution >= 0.6 is 11.6 Å². The lowest BCUT2D eigenvalue weighted by Gasteiger charge is -2.07. The molecule has 1 rings (SSSR count). The molecule has 5 heteroatoms. The average Bonchev–Trinajstić information content (AvgIpc) is 2.30. The lowest BCUT2D eigenvalue weighted by atomic mass is 10.3. The van der Waals surface area contributed by atoms with Crippen molar-refractivity contribution in [3.63, 3.8) is 0 Å². The zero-order chi connectivity index (χ0) is 12.0. The summed E-state index contributed by atoms with van der Waals surface area (Å²) in [5, 5.41) is 20.4. The SMILES string of the molecule is COc1ccc(Cl)cc1NC=C(C#N)C#N. The molecular weight excluding hydrogens is 226 g/mol. The summed E-state index contributed by atoms with van der Waals surface area (Å²) in [6, 6.07) is 8.49. The molecule has 80 valence electrons. The number of nitrogens with zero attached hydrogens (tertiary/aromatic N) is 2. The van der Waals surface area contributed by atoms with Crippen molar-refractivity contribution in [1.29, 1.82) is 10.5 Å². The normalized spacial score (nSPS) is 8.50. The highest BCUT2D eigenvalue weighted by Gasteiger charge is 2.02. The van der Waals surface area contributed by atoms with Gasteiger partial charge in [0.1, 0.15) is 23.5 Å². The van der Waals surface area contributed by atoms with Crippen LogP contribution in [0, 0.1) is 22.7 Å². The number of anilines is 1. The maximum absolute atomic E-state index is 8.55. The van der Waals surface area contributed by atoms with Crippen LogP contribution in [0.3, 0.4) is 0 Å². The summed E-state index contributed by atoms with van der Waals surface area (Å²) in [7, 11) is 1.52. The summed E-state index contributed by atoms with van der Waals surface area (Å²) in [5.74, 6) is 0.580. The van der Waals surface area contributed by atoms with Crippen LogP contribution < -0.4 is 10.1 Å². The Morgan fingerprint density at radius 1 is 1.44 bits per heavy atom. The first-order valence-electron chi connectivity index (χ1n) is 4.31. The first-order valence-corrected chi connectivity index (χ1v) is 4.69. The molecule has 0 aliphatic carbocycles. The minimum absolute atomic E-state index is 0.0259. The second-order valence-electron chi connectivity index (χ2n) is 2.77. The van der Waals surface area contributed by atoms with Crippen molar-refractivity contribution < 1.29 is 4.74 Å². The highest BCUT2D eigenvalue weighted by atomic mass is 35.5. The standard InChI is InChI=1S/C11H8ClN3O/c1-16-11-3-2-9(12)4-10(11)15-7-8(5-13)6-14/h2-4,7,15H,1H3. The van der Waals surface area contributed by atoms with Crippen molar-refractivity contribution in [2.75, 3.05) is 12.4 Å². The third-order valence-electron chi connectivity index (χ3n) is 1.77. The van der Waals surface area contributed by atoms with Gasteiger partial charge in [-0.25, -0.2) is 0 Å². The third-order valence-corrected chi connectivity index (χ3v) is 2.01. The largest absolute Gasteiger partial charge is 0.495 e. The quantitative estimate of drug-likeness (QED) is 0.815. The summed E-state index contributed by atoms with van der Waals surface area (Å²) in [6.45, 7) is 0. The fraction of sp³-hybridized carbons (Fsp3) is 0.0909. The van der Waals surface area contributed by atoms with E-state index in [0.29, 0.717) is 16.5 Å². The van der Waals surface area contributed by atoms with Crippen LogP contribution in [0.2, 0.25) is 5.02 Å². The Morgan fingerprint density at radius 2 is 2.12 bits per heavy atom. The number of hydrogen-bond donors (Lipinski definition) is 1. The van der Waals surface area contributed by atoms with Crippen LogP contribution in [0.15, 0.2) is 30.0 Å². The number of methoxy groups -OCH3 is 1. The Kier molecular flexibility index (Phi) is 4.20. The van der Waals surface area contributed by atoms with E-state index in [0.717, 1.165) is 0 Å². The van der Waals surface area contributed by atoms with Crippen molar-refractivity contribution >= 4 is 17.3 Å². The number of hydrogen-bond acceptors (Lipinski definition) is 4. The molecule has 0 aliphatic heterocycles. The molecule has 0 bridgehead atoms. The predicted molar refractivity (Wildman–Crippen MR) is 60.9 cm³/mol. The Bertz CT molecular complexity index is 481. The second-order valence-corrected chi connectivity index (χ2v) is 3.21. The number of halogens is 1. The van der Waals surface area contributed by atoms with Crippen molar-refractivity contribution in [1.82, 2.24) is 0 Å². The number of rotatable bonds is 3. The summed E-state index contributed by atoms with van der Waals surface area (Å²) in [5.41, 5.74) is 0.569. The zero-order valence-electron chi connectivity index (χ0n) is 8.49. The van der Waals surface area contributed by atoms with Gasteiger partial charge >= 0.3 is 0 Å². The van der Waals surface area contributed by atoms with E-state index >= 15 is 0 Å². The molecule has 1 aromatic carbocycles. The molecule has 0 fully saturated rings. The second kappa shape index (κ2) is 5.65. The zero-order valence-corrected chi connectivity index (χ0v) is 9.25. The molecule has 0 aromatic heterocycles.